The highest BCUT2D eigenvalue weighted by Gasteiger charge is 2.35. The molecule has 1 atom stereocenters. The molecule has 3 aromatic carbocycles. The maximum Gasteiger partial charge on any atom is 0.244 e. The summed E-state index contributed by atoms with van der Waals surface area (Å²) in [5.41, 5.74) is 1.77. The first-order chi connectivity index (χ1) is 21.6. The molecule has 5 rings (SSSR count). The van der Waals surface area contributed by atoms with Gasteiger partial charge in [-0.2, -0.15) is 0 Å². The number of hydrogen-bond donors (Lipinski definition) is 1. The first-order valence-corrected chi connectivity index (χ1v) is 17.5. The largest absolute Gasteiger partial charge is 0.454 e. The van der Waals surface area contributed by atoms with Crippen molar-refractivity contribution in [1.29, 1.82) is 0 Å². The van der Waals surface area contributed by atoms with E-state index < -0.39 is 28.5 Å². The molecule has 1 unspecified atom stereocenters. The summed E-state index contributed by atoms with van der Waals surface area (Å²) in [4.78, 5) is 30.0. The van der Waals surface area contributed by atoms with Crippen LogP contribution in [0.5, 0.6) is 11.5 Å². The van der Waals surface area contributed by atoms with Gasteiger partial charge in [0, 0.05) is 25.1 Å². The van der Waals surface area contributed by atoms with Gasteiger partial charge >= 0.3 is 0 Å². The van der Waals surface area contributed by atoms with Crippen LogP contribution in [0.3, 0.4) is 0 Å². The predicted molar refractivity (Wildman–Crippen MR) is 175 cm³/mol. The van der Waals surface area contributed by atoms with Gasteiger partial charge < -0.3 is 19.7 Å². The van der Waals surface area contributed by atoms with E-state index in [1.165, 1.54) is 11.8 Å². The van der Waals surface area contributed by atoms with Crippen molar-refractivity contribution in [2.45, 2.75) is 64.1 Å². The van der Waals surface area contributed by atoms with Crippen molar-refractivity contribution in [3.63, 3.8) is 0 Å². The first kappa shape index (κ1) is 32.9. The third-order valence-electron chi connectivity index (χ3n) is 8.18. The number of ether oxygens (including phenoxy) is 2. The Hall–Kier alpha value is -3.47. The Labute approximate surface area is 274 Å². The SMILES string of the molecule is CCS(=O)(=O)N(CC(=O)N(Cc1ccc(Cl)c(Cl)c1)C(Cc1ccccc1)C(=O)NC1CCCCC1)c1ccc2c(c1)OCO2. The quantitative estimate of drug-likeness (QED) is 0.254. The molecule has 240 valence electrons. The number of halogens is 2. The molecular formula is C33H37Cl2N3O6S. The lowest BCUT2D eigenvalue weighted by Gasteiger charge is -2.35. The number of carbonyl (C=O) groups excluding carboxylic acids is 2. The number of hydrogen-bond acceptors (Lipinski definition) is 6. The molecule has 1 aliphatic carbocycles. The highest BCUT2D eigenvalue weighted by molar-refractivity contribution is 7.92. The van der Waals surface area contributed by atoms with Crippen molar-refractivity contribution >= 4 is 50.7 Å². The molecule has 45 heavy (non-hydrogen) atoms. The molecule has 0 bridgehead atoms. The summed E-state index contributed by atoms with van der Waals surface area (Å²) in [6.07, 6.45) is 5.16. The summed E-state index contributed by atoms with van der Waals surface area (Å²) in [5.74, 6) is -0.195. The average molecular weight is 675 g/mol. The molecule has 3 aromatic rings. The highest BCUT2D eigenvalue weighted by atomic mass is 35.5. The van der Waals surface area contributed by atoms with Crippen LogP contribution in [0.15, 0.2) is 66.7 Å². The van der Waals surface area contributed by atoms with Crippen LogP contribution >= 0.6 is 23.2 Å². The van der Waals surface area contributed by atoms with Crippen LogP contribution < -0.4 is 19.1 Å². The monoisotopic (exact) mass is 673 g/mol. The minimum atomic E-state index is -3.92. The fourth-order valence-electron chi connectivity index (χ4n) is 5.69. The van der Waals surface area contributed by atoms with Gasteiger partial charge in [-0.1, -0.05) is 78.9 Å². The number of fused-ring (bicyclic) bond motifs is 1. The third kappa shape index (κ3) is 8.23. The smallest absolute Gasteiger partial charge is 0.244 e. The fourth-order valence-corrected chi connectivity index (χ4v) is 7.07. The lowest BCUT2D eigenvalue weighted by atomic mass is 9.94. The van der Waals surface area contributed by atoms with Gasteiger partial charge in [-0.25, -0.2) is 8.42 Å². The topological polar surface area (TPSA) is 105 Å². The van der Waals surface area contributed by atoms with Crippen molar-refractivity contribution in [3.05, 3.63) is 87.9 Å². The van der Waals surface area contributed by atoms with Crippen LogP contribution in [0.1, 0.15) is 50.2 Å². The zero-order chi connectivity index (χ0) is 32.0. The molecule has 0 saturated heterocycles. The molecule has 1 saturated carbocycles. The van der Waals surface area contributed by atoms with Crippen molar-refractivity contribution in [2.24, 2.45) is 0 Å². The van der Waals surface area contributed by atoms with E-state index in [4.69, 9.17) is 32.7 Å². The summed E-state index contributed by atoms with van der Waals surface area (Å²) in [5, 5.41) is 3.86. The van der Waals surface area contributed by atoms with Crippen molar-refractivity contribution in [1.82, 2.24) is 10.2 Å². The van der Waals surface area contributed by atoms with Gasteiger partial charge in [0.1, 0.15) is 12.6 Å². The molecule has 12 heteroatoms. The minimum absolute atomic E-state index is 0.00641. The molecule has 1 aliphatic heterocycles. The maximum atomic E-state index is 14.4. The number of carbonyl (C=O) groups is 2. The van der Waals surface area contributed by atoms with Crippen molar-refractivity contribution < 1.29 is 27.5 Å². The molecule has 0 aromatic heterocycles. The molecule has 0 radical (unpaired) electrons. The minimum Gasteiger partial charge on any atom is -0.454 e. The fraction of sp³-hybridized carbons (Fsp3) is 0.394. The Morgan fingerprint density at radius 1 is 0.911 bits per heavy atom. The Balaban J connectivity index is 1.53. The van der Waals surface area contributed by atoms with Gasteiger partial charge in [-0.15, -0.1) is 0 Å². The number of anilines is 1. The van der Waals surface area contributed by atoms with Crippen LogP contribution in [-0.2, 0) is 32.6 Å². The number of sulfonamides is 1. The van der Waals surface area contributed by atoms with Crippen LogP contribution in [0, 0.1) is 0 Å². The van der Waals surface area contributed by atoms with Crippen LogP contribution in [0.2, 0.25) is 10.0 Å². The second-order valence-electron chi connectivity index (χ2n) is 11.3. The van der Waals surface area contributed by atoms with E-state index in [2.05, 4.69) is 5.32 Å². The number of rotatable bonds is 12. The Morgan fingerprint density at radius 3 is 2.36 bits per heavy atom. The van der Waals surface area contributed by atoms with E-state index in [-0.39, 0.29) is 43.1 Å². The Morgan fingerprint density at radius 2 is 1.64 bits per heavy atom. The molecule has 0 spiro atoms. The summed E-state index contributed by atoms with van der Waals surface area (Å²) >= 11 is 12.5. The summed E-state index contributed by atoms with van der Waals surface area (Å²) < 4.78 is 38.8. The van der Waals surface area contributed by atoms with E-state index >= 15 is 0 Å². The van der Waals surface area contributed by atoms with Crippen molar-refractivity contribution in [2.75, 3.05) is 23.4 Å². The zero-order valence-electron chi connectivity index (χ0n) is 25.1. The van der Waals surface area contributed by atoms with E-state index in [9.17, 15) is 18.0 Å². The van der Waals surface area contributed by atoms with E-state index in [1.54, 1.807) is 36.4 Å². The van der Waals surface area contributed by atoms with E-state index in [0.717, 1.165) is 42.0 Å². The van der Waals surface area contributed by atoms with E-state index in [0.29, 0.717) is 27.1 Å². The van der Waals surface area contributed by atoms with Crippen LogP contribution in [0.4, 0.5) is 5.69 Å². The lowest BCUT2D eigenvalue weighted by Crippen LogP contribution is -2.55. The van der Waals surface area contributed by atoms with Crippen LogP contribution in [-0.4, -0.2) is 56.3 Å². The van der Waals surface area contributed by atoms with Gasteiger partial charge in [0.05, 0.1) is 21.5 Å². The van der Waals surface area contributed by atoms with Gasteiger partial charge in [0.25, 0.3) is 0 Å². The summed E-state index contributed by atoms with van der Waals surface area (Å²) in [6, 6.07) is 18.3. The molecule has 9 nitrogen and oxygen atoms in total. The third-order valence-corrected chi connectivity index (χ3v) is 10.7. The predicted octanol–water partition coefficient (Wildman–Crippen LogP) is 5.97. The lowest BCUT2D eigenvalue weighted by molar-refractivity contribution is -0.140. The second-order valence-corrected chi connectivity index (χ2v) is 14.3. The molecular weight excluding hydrogens is 637 g/mol. The first-order valence-electron chi connectivity index (χ1n) is 15.1. The molecule has 1 N–H and O–H groups in total. The van der Waals surface area contributed by atoms with Gasteiger partial charge in [0.2, 0.25) is 28.6 Å². The van der Waals surface area contributed by atoms with Crippen molar-refractivity contribution in [3.8, 4) is 11.5 Å². The summed E-state index contributed by atoms with van der Waals surface area (Å²) in [6.45, 7) is 1.02. The number of nitrogens with zero attached hydrogens (tertiary/aromatic N) is 2. The normalized spacial score (nSPS) is 15.4. The zero-order valence-corrected chi connectivity index (χ0v) is 27.4. The highest BCUT2D eigenvalue weighted by Crippen LogP contribution is 2.36. The van der Waals surface area contributed by atoms with Gasteiger partial charge in [-0.3, -0.25) is 13.9 Å². The van der Waals surface area contributed by atoms with Gasteiger partial charge in [-0.05, 0) is 55.2 Å². The molecule has 1 heterocycles. The van der Waals surface area contributed by atoms with Crippen LogP contribution in [0.25, 0.3) is 0 Å². The van der Waals surface area contributed by atoms with Gasteiger partial charge in [0.15, 0.2) is 11.5 Å². The molecule has 2 aliphatic rings. The standard InChI is InChI=1S/C33H37Cl2N3O6S/c1-2-45(41,42)38(26-14-16-30-31(19-26)44-22-43-30)21-32(39)37(20-24-13-15-27(34)28(35)17-24)29(18-23-9-5-3-6-10-23)33(40)36-25-11-7-4-8-12-25/h3,5-6,9-10,13-17,19,25,29H,2,4,7-8,11-12,18,20-22H2,1H3,(H,36,40). The molecule has 2 amide bonds. The van der Waals surface area contributed by atoms with E-state index in [1.807, 2.05) is 30.3 Å². The second kappa shape index (κ2) is 14.7. The Kier molecular flexibility index (Phi) is 10.8. The Bertz CT molecular complexity index is 1620. The number of benzene rings is 3. The molecule has 1 fully saturated rings. The number of nitrogens with one attached hydrogen (secondary N) is 1. The average Bonchev–Trinajstić information content (AvgIpc) is 3.52. The number of amides is 2. The summed E-state index contributed by atoms with van der Waals surface area (Å²) in [7, 11) is -3.92. The maximum absolute atomic E-state index is 14.4.